The average molecular weight is 368 g/mol. The van der Waals surface area contributed by atoms with Crippen molar-refractivity contribution < 1.29 is 17.9 Å². The van der Waals surface area contributed by atoms with Crippen molar-refractivity contribution >= 4 is 15.9 Å². The van der Waals surface area contributed by atoms with Crippen molar-refractivity contribution in [3.8, 4) is 5.75 Å². The molecule has 1 amide bonds. The largest absolute Gasteiger partial charge is 0.494 e. The highest BCUT2D eigenvalue weighted by atomic mass is 32.2. The lowest BCUT2D eigenvalue weighted by molar-refractivity contribution is -0.140. The van der Waals surface area contributed by atoms with Gasteiger partial charge in [-0.25, -0.2) is 8.42 Å². The number of ether oxygens (including phenoxy) is 1. The summed E-state index contributed by atoms with van der Waals surface area (Å²) in [7, 11) is -3.54. The summed E-state index contributed by atoms with van der Waals surface area (Å²) in [4.78, 5) is 14.3. The van der Waals surface area contributed by atoms with Crippen molar-refractivity contribution in [3.05, 3.63) is 24.3 Å². The van der Waals surface area contributed by atoms with Gasteiger partial charge in [-0.1, -0.05) is 27.7 Å². The van der Waals surface area contributed by atoms with Gasteiger partial charge in [0.2, 0.25) is 15.9 Å². The van der Waals surface area contributed by atoms with E-state index in [0.29, 0.717) is 38.5 Å². The monoisotopic (exact) mass is 368 g/mol. The predicted octanol–water partition coefficient (Wildman–Crippen LogP) is 2.35. The van der Waals surface area contributed by atoms with Gasteiger partial charge in [0, 0.05) is 31.6 Å². The summed E-state index contributed by atoms with van der Waals surface area (Å²) in [6.45, 7) is 9.73. The third kappa shape index (κ3) is 4.73. The molecule has 1 aromatic carbocycles. The van der Waals surface area contributed by atoms with E-state index in [9.17, 15) is 13.2 Å². The minimum absolute atomic E-state index is 0.0574. The Labute approximate surface area is 150 Å². The summed E-state index contributed by atoms with van der Waals surface area (Å²) in [5.74, 6) is 0.725. The zero-order valence-electron chi connectivity index (χ0n) is 15.5. The third-order valence-corrected chi connectivity index (χ3v) is 6.01. The van der Waals surface area contributed by atoms with Gasteiger partial charge in [0.15, 0.2) is 0 Å². The van der Waals surface area contributed by atoms with E-state index in [1.54, 1.807) is 29.2 Å². The molecule has 0 bridgehead atoms. The minimum atomic E-state index is -3.54. The number of hydrogen-bond donors (Lipinski definition) is 0. The molecular formula is C18H28N2O4S. The number of piperazine rings is 1. The highest BCUT2D eigenvalue weighted by Gasteiger charge is 2.33. The van der Waals surface area contributed by atoms with Crippen molar-refractivity contribution in [3.63, 3.8) is 0 Å². The minimum Gasteiger partial charge on any atom is -0.494 e. The number of benzene rings is 1. The fourth-order valence-electron chi connectivity index (χ4n) is 2.68. The summed E-state index contributed by atoms with van der Waals surface area (Å²) >= 11 is 0. The van der Waals surface area contributed by atoms with Gasteiger partial charge in [-0.2, -0.15) is 4.31 Å². The maximum Gasteiger partial charge on any atom is 0.243 e. The standard InChI is InChI=1S/C18H28N2O4S/c1-5-14-24-15-6-8-16(9-7-15)25(22,23)20-12-10-19(11-13-20)17(21)18(2,3)4/h6-9H,5,10-14H2,1-4H3. The zero-order chi connectivity index (χ0) is 18.7. The van der Waals surface area contributed by atoms with Crippen molar-refractivity contribution in [2.75, 3.05) is 32.8 Å². The molecule has 0 aromatic heterocycles. The van der Waals surface area contributed by atoms with Crippen LogP contribution in [0, 0.1) is 5.41 Å². The number of nitrogens with zero attached hydrogens (tertiary/aromatic N) is 2. The van der Waals surface area contributed by atoms with Crippen LogP contribution in [0.15, 0.2) is 29.2 Å². The molecule has 1 fully saturated rings. The molecule has 140 valence electrons. The third-order valence-electron chi connectivity index (χ3n) is 4.10. The second-order valence-corrected chi connectivity index (χ2v) is 9.20. The average Bonchev–Trinajstić information content (AvgIpc) is 2.59. The van der Waals surface area contributed by atoms with E-state index in [0.717, 1.165) is 6.42 Å². The van der Waals surface area contributed by atoms with Crippen LogP contribution in [0.3, 0.4) is 0 Å². The smallest absolute Gasteiger partial charge is 0.243 e. The molecule has 1 aliphatic rings. The lowest BCUT2D eigenvalue weighted by Crippen LogP contribution is -2.52. The molecule has 0 saturated carbocycles. The lowest BCUT2D eigenvalue weighted by Gasteiger charge is -2.37. The van der Waals surface area contributed by atoms with Crippen LogP contribution in [0.25, 0.3) is 0 Å². The van der Waals surface area contributed by atoms with Crippen LogP contribution in [0.1, 0.15) is 34.1 Å². The van der Waals surface area contributed by atoms with Gasteiger partial charge in [-0.15, -0.1) is 0 Å². The van der Waals surface area contributed by atoms with E-state index in [1.807, 2.05) is 27.7 Å². The second kappa shape index (κ2) is 7.74. The van der Waals surface area contributed by atoms with Crippen LogP contribution in [-0.4, -0.2) is 56.3 Å². The Morgan fingerprint density at radius 3 is 2.12 bits per heavy atom. The maximum absolute atomic E-state index is 12.8. The molecule has 6 nitrogen and oxygen atoms in total. The van der Waals surface area contributed by atoms with E-state index >= 15 is 0 Å². The van der Waals surface area contributed by atoms with Crippen molar-refractivity contribution in [1.82, 2.24) is 9.21 Å². The second-order valence-electron chi connectivity index (χ2n) is 7.27. The predicted molar refractivity (Wildman–Crippen MR) is 97.0 cm³/mol. The molecule has 0 spiro atoms. The summed E-state index contributed by atoms with van der Waals surface area (Å²) in [5, 5.41) is 0. The quantitative estimate of drug-likeness (QED) is 0.800. The number of rotatable bonds is 5. The van der Waals surface area contributed by atoms with Crippen LogP contribution in [0.5, 0.6) is 5.75 Å². The van der Waals surface area contributed by atoms with Gasteiger partial charge >= 0.3 is 0 Å². The van der Waals surface area contributed by atoms with Crippen LogP contribution in [0.2, 0.25) is 0 Å². The van der Waals surface area contributed by atoms with Gasteiger partial charge in [0.25, 0.3) is 0 Å². The molecule has 1 aliphatic heterocycles. The summed E-state index contributed by atoms with van der Waals surface area (Å²) in [6, 6.07) is 6.52. The number of sulfonamides is 1. The van der Waals surface area contributed by atoms with Crippen molar-refractivity contribution in [2.45, 2.75) is 39.0 Å². The first-order valence-corrected chi connectivity index (χ1v) is 10.1. The van der Waals surface area contributed by atoms with E-state index in [1.165, 1.54) is 4.31 Å². The van der Waals surface area contributed by atoms with Crippen molar-refractivity contribution in [2.24, 2.45) is 5.41 Å². The number of carbonyl (C=O) groups is 1. The van der Waals surface area contributed by atoms with Crippen LogP contribution in [0.4, 0.5) is 0 Å². The normalized spacial score (nSPS) is 16.7. The molecule has 0 N–H and O–H groups in total. The Kier molecular flexibility index (Phi) is 6.11. The molecule has 2 rings (SSSR count). The van der Waals surface area contributed by atoms with Crippen molar-refractivity contribution in [1.29, 1.82) is 0 Å². The Morgan fingerprint density at radius 1 is 1.08 bits per heavy atom. The van der Waals surface area contributed by atoms with Gasteiger partial charge in [0.05, 0.1) is 11.5 Å². The van der Waals surface area contributed by atoms with Crippen LogP contribution >= 0.6 is 0 Å². The Morgan fingerprint density at radius 2 is 1.64 bits per heavy atom. The number of hydrogen-bond acceptors (Lipinski definition) is 4. The summed E-state index contributed by atoms with van der Waals surface area (Å²) < 4.78 is 32.5. The highest BCUT2D eigenvalue weighted by molar-refractivity contribution is 7.89. The molecule has 1 saturated heterocycles. The first-order chi connectivity index (χ1) is 11.7. The lowest BCUT2D eigenvalue weighted by atomic mass is 9.94. The summed E-state index contributed by atoms with van der Waals surface area (Å²) in [5.41, 5.74) is -0.449. The molecule has 7 heteroatoms. The van der Waals surface area contributed by atoms with E-state index < -0.39 is 15.4 Å². The van der Waals surface area contributed by atoms with E-state index in [-0.39, 0.29) is 10.8 Å². The molecule has 0 unspecified atom stereocenters. The molecule has 0 radical (unpaired) electrons. The fourth-order valence-corrected chi connectivity index (χ4v) is 4.10. The van der Waals surface area contributed by atoms with Crippen LogP contribution in [-0.2, 0) is 14.8 Å². The molecule has 0 atom stereocenters. The van der Waals surface area contributed by atoms with Crippen LogP contribution < -0.4 is 4.74 Å². The Balaban J connectivity index is 2.03. The highest BCUT2D eigenvalue weighted by Crippen LogP contribution is 2.23. The zero-order valence-corrected chi connectivity index (χ0v) is 16.3. The molecule has 1 heterocycles. The SMILES string of the molecule is CCCOc1ccc(S(=O)(=O)N2CCN(C(=O)C(C)(C)C)CC2)cc1. The molecule has 25 heavy (non-hydrogen) atoms. The topological polar surface area (TPSA) is 66.9 Å². The number of carbonyl (C=O) groups excluding carboxylic acids is 1. The Bertz CT molecular complexity index is 685. The molecule has 1 aromatic rings. The van der Waals surface area contributed by atoms with E-state index in [2.05, 4.69) is 0 Å². The van der Waals surface area contributed by atoms with E-state index in [4.69, 9.17) is 4.74 Å². The Hall–Kier alpha value is -1.60. The van der Waals surface area contributed by atoms with Gasteiger partial charge in [-0.3, -0.25) is 4.79 Å². The first-order valence-electron chi connectivity index (χ1n) is 8.68. The first kappa shape index (κ1) is 19.7. The fraction of sp³-hybridized carbons (Fsp3) is 0.611. The molecular weight excluding hydrogens is 340 g/mol. The number of amides is 1. The van der Waals surface area contributed by atoms with Gasteiger partial charge < -0.3 is 9.64 Å². The van der Waals surface area contributed by atoms with Gasteiger partial charge in [0.1, 0.15) is 5.75 Å². The summed E-state index contributed by atoms with van der Waals surface area (Å²) in [6.07, 6.45) is 0.900. The van der Waals surface area contributed by atoms with Gasteiger partial charge in [-0.05, 0) is 30.7 Å². The maximum atomic E-state index is 12.8. The molecule has 0 aliphatic carbocycles.